The molecule has 3 N–H and O–H groups in total. The van der Waals surface area contributed by atoms with Crippen LogP contribution in [0.25, 0.3) is 0 Å². The van der Waals surface area contributed by atoms with Crippen LogP contribution in [0.1, 0.15) is 20.3 Å². The number of nitrogen functional groups attached to an aromatic ring is 1. The molecule has 19 heavy (non-hydrogen) atoms. The average molecular weight is 284 g/mol. The molecule has 1 aromatic rings. The Labute approximate surface area is 114 Å². The predicted molar refractivity (Wildman–Crippen MR) is 73.8 cm³/mol. The molecule has 1 fully saturated rings. The third kappa shape index (κ3) is 3.05. The van der Waals surface area contributed by atoms with E-state index in [1.165, 1.54) is 18.3 Å². The van der Waals surface area contributed by atoms with Crippen molar-refractivity contribution >= 4 is 15.8 Å². The van der Waals surface area contributed by atoms with Gasteiger partial charge in [0.1, 0.15) is 5.82 Å². The Morgan fingerprint density at radius 2 is 2.00 bits per heavy atom. The average Bonchev–Trinajstić information content (AvgIpc) is 2.37. The van der Waals surface area contributed by atoms with Gasteiger partial charge in [0, 0.05) is 25.4 Å². The van der Waals surface area contributed by atoms with Crippen LogP contribution in [0.5, 0.6) is 0 Å². The van der Waals surface area contributed by atoms with Crippen molar-refractivity contribution in [3.05, 3.63) is 18.3 Å². The van der Waals surface area contributed by atoms with Gasteiger partial charge in [0.25, 0.3) is 0 Å². The van der Waals surface area contributed by atoms with Crippen molar-refractivity contribution in [1.29, 1.82) is 0 Å². The zero-order chi connectivity index (χ0) is 14.0. The molecule has 0 spiro atoms. The summed E-state index contributed by atoms with van der Waals surface area (Å²) in [7, 11) is -3.46. The van der Waals surface area contributed by atoms with Crippen LogP contribution in [0.2, 0.25) is 0 Å². The molecule has 2 atom stereocenters. The first kappa shape index (κ1) is 14.2. The summed E-state index contributed by atoms with van der Waals surface area (Å²) >= 11 is 0. The second kappa shape index (κ2) is 5.44. The fourth-order valence-electron chi connectivity index (χ4n) is 2.60. The van der Waals surface area contributed by atoms with Crippen LogP contribution in [0.15, 0.2) is 23.2 Å². The second-order valence-electron chi connectivity index (χ2n) is 5.29. The van der Waals surface area contributed by atoms with E-state index in [-0.39, 0.29) is 4.90 Å². The molecule has 0 bridgehead atoms. The van der Waals surface area contributed by atoms with Gasteiger partial charge >= 0.3 is 0 Å². The fourth-order valence-corrected chi connectivity index (χ4v) is 4.29. The lowest BCUT2D eigenvalue weighted by Gasteiger charge is -2.34. The second-order valence-corrected chi connectivity index (χ2v) is 7.23. The first-order chi connectivity index (χ1) is 8.93. The Morgan fingerprint density at radius 3 is 2.58 bits per heavy atom. The number of hydrogen-bond acceptors (Lipinski definition) is 5. The number of nitrogens with zero attached hydrogens (tertiary/aromatic N) is 2. The quantitative estimate of drug-likeness (QED) is 0.639. The van der Waals surface area contributed by atoms with Gasteiger partial charge in [-0.15, -0.1) is 0 Å². The summed E-state index contributed by atoms with van der Waals surface area (Å²) in [6.07, 6.45) is 2.51. The zero-order valence-electron chi connectivity index (χ0n) is 11.2. The number of nitrogens with two attached hydrogens (primary N) is 1. The van der Waals surface area contributed by atoms with Gasteiger partial charge in [-0.3, -0.25) is 0 Å². The van der Waals surface area contributed by atoms with Gasteiger partial charge in [0.2, 0.25) is 10.0 Å². The van der Waals surface area contributed by atoms with Crippen LogP contribution >= 0.6 is 0 Å². The number of piperidine rings is 1. The highest BCUT2D eigenvalue weighted by Gasteiger charge is 2.31. The molecule has 2 unspecified atom stereocenters. The molecule has 0 aromatic carbocycles. The number of anilines is 1. The van der Waals surface area contributed by atoms with Gasteiger partial charge < -0.3 is 5.43 Å². The Morgan fingerprint density at radius 1 is 1.37 bits per heavy atom. The molecule has 2 heterocycles. The third-order valence-corrected chi connectivity index (χ3v) is 5.18. The van der Waals surface area contributed by atoms with E-state index in [0.29, 0.717) is 30.7 Å². The number of aromatic nitrogens is 1. The Kier molecular flexibility index (Phi) is 4.07. The minimum Gasteiger partial charge on any atom is -0.308 e. The molecule has 106 valence electrons. The summed E-state index contributed by atoms with van der Waals surface area (Å²) in [6.45, 7) is 5.30. The number of hydrogen-bond donors (Lipinski definition) is 2. The first-order valence-corrected chi connectivity index (χ1v) is 7.80. The van der Waals surface area contributed by atoms with Gasteiger partial charge in [-0.25, -0.2) is 19.2 Å². The predicted octanol–water partition coefficient (Wildman–Crippen LogP) is 1.03. The third-order valence-electron chi connectivity index (χ3n) is 3.35. The van der Waals surface area contributed by atoms with E-state index in [9.17, 15) is 8.42 Å². The summed E-state index contributed by atoms with van der Waals surface area (Å²) in [5.74, 6) is 6.37. The highest BCUT2D eigenvalue weighted by atomic mass is 32.2. The van der Waals surface area contributed by atoms with Crippen molar-refractivity contribution in [1.82, 2.24) is 9.29 Å². The molecule has 1 aromatic heterocycles. The zero-order valence-corrected chi connectivity index (χ0v) is 12.0. The van der Waals surface area contributed by atoms with E-state index in [2.05, 4.69) is 24.3 Å². The van der Waals surface area contributed by atoms with Crippen LogP contribution in [0.3, 0.4) is 0 Å². The molecule has 0 amide bonds. The SMILES string of the molecule is CC1CC(C)CN(S(=O)(=O)c2ccnc(NN)c2)C1. The molecular weight excluding hydrogens is 264 g/mol. The summed E-state index contributed by atoms with van der Waals surface area (Å²) < 4.78 is 26.7. The minimum atomic E-state index is -3.46. The van der Waals surface area contributed by atoms with Crippen LogP contribution in [-0.4, -0.2) is 30.8 Å². The van der Waals surface area contributed by atoms with Crippen LogP contribution in [0, 0.1) is 11.8 Å². The number of sulfonamides is 1. The lowest BCUT2D eigenvalue weighted by molar-refractivity contribution is 0.222. The van der Waals surface area contributed by atoms with E-state index >= 15 is 0 Å². The molecular formula is C12H20N4O2S. The number of pyridine rings is 1. The van der Waals surface area contributed by atoms with Gasteiger partial charge in [0.05, 0.1) is 4.90 Å². The van der Waals surface area contributed by atoms with Gasteiger partial charge in [-0.05, 0) is 24.3 Å². The topological polar surface area (TPSA) is 88.3 Å². The molecule has 1 saturated heterocycles. The van der Waals surface area contributed by atoms with E-state index in [1.807, 2.05) is 0 Å². The van der Waals surface area contributed by atoms with Gasteiger partial charge in [0.15, 0.2) is 0 Å². The summed E-state index contributed by atoms with van der Waals surface area (Å²) in [6, 6.07) is 2.96. The number of nitrogens with one attached hydrogen (secondary N) is 1. The van der Waals surface area contributed by atoms with Crippen LogP contribution in [-0.2, 0) is 10.0 Å². The van der Waals surface area contributed by atoms with Gasteiger partial charge in [-0.1, -0.05) is 13.8 Å². The highest BCUT2D eigenvalue weighted by Crippen LogP contribution is 2.26. The first-order valence-electron chi connectivity index (χ1n) is 6.36. The van der Waals surface area contributed by atoms with Crippen molar-refractivity contribution in [3.63, 3.8) is 0 Å². The molecule has 7 heteroatoms. The standard InChI is InChI=1S/C12H20N4O2S/c1-9-5-10(2)8-16(7-9)19(17,18)11-3-4-14-12(6-11)15-13/h3-4,6,9-10H,5,7-8,13H2,1-2H3,(H,14,15). The van der Waals surface area contributed by atoms with Crippen LogP contribution in [0.4, 0.5) is 5.82 Å². The Bertz CT molecular complexity index is 536. The summed E-state index contributed by atoms with van der Waals surface area (Å²) in [5, 5.41) is 0. The van der Waals surface area contributed by atoms with Crippen molar-refractivity contribution in [3.8, 4) is 0 Å². The highest BCUT2D eigenvalue weighted by molar-refractivity contribution is 7.89. The van der Waals surface area contributed by atoms with Crippen molar-refractivity contribution in [2.75, 3.05) is 18.5 Å². The fraction of sp³-hybridized carbons (Fsp3) is 0.583. The molecule has 0 radical (unpaired) electrons. The van der Waals surface area contributed by atoms with Crippen molar-refractivity contribution in [2.24, 2.45) is 17.7 Å². The maximum atomic E-state index is 12.6. The normalized spacial score (nSPS) is 25.2. The van der Waals surface area contributed by atoms with E-state index in [0.717, 1.165) is 6.42 Å². The minimum absolute atomic E-state index is 0.233. The number of rotatable bonds is 3. The molecule has 1 aliphatic heterocycles. The molecule has 1 aliphatic rings. The molecule has 0 aliphatic carbocycles. The molecule has 0 saturated carbocycles. The summed E-state index contributed by atoms with van der Waals surface area (Å²) in [4.78, 5) is 4.16. The van der Waals surface area contributed by atoms with E-state index in [1.54, 1.807) is 4.31 Å². The van der Waals surface area contributed by atoms with Crippen molar-refractivity contribution in [2.45, 2.75) is 25.2 Å². The Balaban J connectivity index is 2.30. The largest absolute Gasteiger partial charge is 0.308 e. The van der Waals surface area contributed by atoms with E-state index < -0.39 is 10.0 Å². The summed E-state index contributed by atoms with van der Waals surface area (Å²) in [5.41, 5.74) is 2.37. The van der Waals surface area contributed by atoms with Crippen molar-refractivity contribution < 1.29 is 8.42 Å². The van der Waals surface area contributed by atoms with Gasteiger partial charge in [-0.2, -0.15) is 4.31 Å². The lowest BCUT2D eigenvalue weighted by atomic mass is 9.94. The van der Waals surface area contributed by atoms with Crippen LogP contribution < -0.4 is 11.3 Å². The van der Waals surface area contributed by atoms with E-state index in [4.69, 9.17) is 5.84 Å². The molecule has 2 rings (SSSR count). The molecule has 6 nitrogen and oxygen atoms in total. The maximum absolute atomic E-state index is 12.6. The number of hydrazine groups is 1. The lowest BCUT2D eigenvalue weighted by Crippen LogP contribution is -2.42. The maximum Gasteiger partial charge on any atom is 0.243 e. The smallest absolute Gasteiger partial charge is 0.243 e. The Hall–Kier alpha value is -1.18. The monoisotopic (exact) mass is 284 g/mol.